The minimum atomic E-state index is 0.316. The number of rotatable bonds is 3. The van der Waals surface area contributed by atoms with Crippen molar-refractivity contribution in [2.45, 2.75) is 31.7 Å². The van der Waals surface area contributed by atoms with Gasteiger partial charge in [-0.05, 0) is 51.2 Å². The lowest BCUT2D eigenvalue weighted by molar-refractivity contribution is 0.135. The summed E-state index contributed by atoms with van der Waals surface area (Å²) in [6, 6.07) is 0.745. The van der Waals surface area contributed by atoms with Gasteiger partial charge in [-0.1, -0.05) is 0 Å². The Labute approximate surface area is 86.5 Å². The first-order valence-corrected chi connectivity index (χ1v) is 5.97. The molecule has 2 fully saturated rings. The van der Waals surface area contributed by atoms with Gasteiger partial charge in [-0.25, -0.2) is 0 Å². The molecule has 2 aliphatic rings. The number of nitrogens with one attached hydrogen (secondary N) is 1. The van der Waals surface area contributed by atoms with E-state index in [4.69, 9.17) is 5.11 Å². The van der Waals surface area contributed by atoms with Gasteiger partial charge in [0.25, 0.3) is 0 Å². The Balaban J connectivity index is 1.87. The fourth-order valence-corrected chi connectivity index (χ4v) is 3.00. The third-order valence-corrected chi connectivity index (χ3v) is 3.68. The topological polar surface area (TPSA) is 35.5 Å². The molecule has 0 amide bonds. The van der Waals surface area contributed by atoms with E-state index in [1.165, 1.54) is 45.3 Å². The maximum atomic E-state index is 8.99. The Hall–Kier alpha value is -0.120. The van der Waals surface area contributed by atoms with Gasteiger partial charge < -0.3 is 10.4 Å². The Morgan fingerprint density at radius 3 is 2.93 bits per heavy atom. The molecule has 2 saturated heterocycles. The molecule has 0 radical (unpaired) electrons. The number of aliphatic hydroxyl groups excluding tert-OH is 1. The van der Waals surface area contributed by atoms with Gasteiger partial charge in [0.2, 0.25) is 0 Å². The van der Waals surface area contributed by atoms with E-state index in [9.17, 15) is 0 Å². The highest BCUT2D eigenvalue weighted by molar-refractivity contribution is 4.87. The molecular weight excluding hydrogens is 176 g/mol. The van der Waals surface area contributed by atoms with Gasteiger partial charge in [0.1, 0.15) is 0 Å². The molecule has 0 aromatic carbocycles. The zero-order chi connectivity index (χ0) is 9.80. The third-order valence-electron chi connectivity index (χ3n) is 3.68. The predicted molar refractivity (Wildman–Crippen MR) is 57.3 cm³/mol. The zero-order valence-electron chi connectivity index (χ0n) is 8.91. The Kier molecular flexibility index (Phi) is 3.79. The number of aliphatic hydroxyl groups is 1. The smallest absolute Gasteiger partial charge is 0.0558 e. The van der Waals surface area contributed by atoms with Crippen molar-refractivity contribution in [3.8, 4) is 0 Å². The van der Waals surface area contributed by atoms with E-state index in [-0.39, 0.29) is 0 Å². The number of nitrogens with zero attached hydrogens (tertiary/aromatic N) is 1. The van der Waals surface area contributed by atoms with Crippen molar-refractivity contribution in [3.05, 3.63) is 0 Å². The molecule has 0 aromatic heterocycles. The first kappa shape index (κ1) is 10.4. The van der Waals surface area contributed by atoms with Crippen LogP contribution in [0.4, 0.5) is 0 Å². The van der Waals surface area contributed by atoms with Crippen molar-refractivity contribution in [2.24, 2.45) is 5.92 Å². The summed E-state index contributed by atoms with van der Waals surface area (Å²) in [5.41, 5.74) is 0. The first-order valence-electron chi connectivity index (χ1n) is 5.97. The number of hydrogen-bond donors (Lipinski definition) is 2. The summed E-state index contributed by atoms with van der Waals surface area (Å²) in [7, 11) is 0. The van der Waals surface area contributed by atoms with E-state index in [1.54, 1.807) is 0 Å². The molecule has 0 bridgehead atoms. The van der Waals surface area contributed by atoms with Crippen LogP contribution >= 0.6 is 0 Å². The molecule has 14 heavy (non-hydrogen) atoms. The number of β-amino-alcohol motifs (C(OH)–C–C–N with tert-alkyl or cyclic N) is 1. The second-order valence-corrected chi connectivity index (χ2v) is 4.58. The average molecular weight is 198 g/mol. The van der Waals surface area contributed by atoms with Crippen molar-refractivity contribution in [3.63, 3.8) is 0 Å². The molecule has 2 unspecified atom stereocenters. The number of hydrogen-bond acceptors (Lipinski definition) is 3. The predicted octanol–water partition coefficient (Wildman–Crippen LogP) is 0.443. The number of likely N-dealkylation sites (tertiary alicyclic amines) is 1. The summed E-state index contributed by atoms with van der Waals surface area (Å²) in [5.74, 6) is 0.831. The Morgan fingerprint density at radius 1 is 1.29 bits per heavy atom. The van der Waals surface area contributed by atoms with Crippen LogP contribution in [0, 0.1) is 5.92 Å². The van der Waals surface area contributed by atoms with Gasteiger partial charge in [-0.2, -0.15) is 0 Å². The van der Waals surface area contributed by atoms with Crippen LogP contribution in [-0.4, -0.2) is 48.8 Å². The largest absolute Gasteiger partial charge is 0.395 e. The third kappa shape index (κ3) is 2.27. The van der Waals surface area contributed by atoms with Gasteiger partial charge in [0.15, 0.2) is 0 Å². The SMILES string of the molecule is OCCN1CCCC1C1CCCNC1. The zero-order valence-corrected chi connectivity index (χ0v) is 8.91. The summed E-state index contributed by atoms with van der Waals surface area (Å²) in [4.78, 5) is 2.48. The lowest BCUT2D eigenvalue weighted by Gasteiger charge is -2.34. The summed E-state index contributed by atoms with van der Waals surface area (Å²) in [6.45, 7) is 4.77. The Morgan fingerprint density at radius 2 is 2.21 bits per heavy atom. The second-order valence-electron chi connectivity index (χ2n) is 4.58. The van der Waals surface area contributed by atoms with E-state index >= 15 is 0 Å². The normalized spacial score (nSPS) is 34.9. The highest BCUT2D eigenvalue weighted by atomic mass is 16.3. The summed E-state index contributed by atoms with van der Waals surface area (Å²) in [5, 5.41) is 12.5. The van der Waals surface area contributed by atoms with Crippen LogP contribution in [0.5, 0.6) is 0 Å². The summed E-state index contributed by atoms with van der Waals surface area (Å²) in [6.07, 6.45) is 5.36. The van der Waals surface area contributed by atoms with Gasteiger partial charge in [-0.3, -0.25) is 4.90 Å². The molecule has 2 aliphatic heterocycles. The van der Waals surface area contributed by atoms with E-state index in [2.05, 4.69) is 10.2 Å². The van der Waals surface area contributed by atoms with Crippen molar-refractivity contribution in [2.75, 3.05) is 32.8 Å². The van der Waals surface area contributed by atoms with Gasteiger partial charge in [0, 0.05) is 12.6 Å². The van der Waals surface area contributed by atoms with E-state index in [0.29, 0.717) is 6.61 Å². The highest BCUT2D eigenvalue weighted by Gasteiger charge is 2.31. The second kappa shape index (κ2) is 5.10. The molecule has 2 heterocycles. The monoisotopic (exact) mass is 198 g/mol. The van der Waals surface area contributed by atoms with Crippen LogP contribution in [0.1, 0.15) is 25.7 Å². The van der Waals surface area contributed by atoms with Crippen molar-refractivity contribution >= 4 is 0 Å². The minimum absolute atomic E-state index is 0.316. The lowest BCUT2D eigenvalue weighted by atomic mass is 9.90. The fraction of sp³-hybridized carbons (Fsp3) is 1.00. The lowest BCUT2D eigenvalue weighted by Crippen LogP contribution is -2.44. The number of piperidine rings is 1. The summed E-state index contributed by atoms with van der Waals surface area (Å²) >= 11 is 0. The Bertz CT molecular complexity index is 169. The molecule has 3 nitrogen and oxygen atoms in total. The highest BCUT2D eigenvalue weighted by Crippen LogP contribution is 2.27. The molecular formula is C11H22N2O. The molecule has 2 atom stereocenters. The van der Waals surface area contributed by atoms with Gasteiger partial charge >= 0.3 is 0 Å². The molecule has 82 valence electrons. The maximum absolute atomic E-state index is 8.99. The molecule has 0 saturated carbocycles. The molecule has 2 rings (SSSR count). The van der Waals surface area contributed by atoms with Crippen molar-refractivity contribution < 1.29 is 5.11 Å². The summed E-state index contributed by atoms with van der Waals surface area (Å²) < 4.78 is 0. The fourth-order valence-electron chi connectivity index (χ4n) is 3.00. The van der Waals surface area contributed by atoms with E-state index in [1.807, 2.05) is 0 Å². The first-order chi connectivity index (χ1) is 6.92. The van der Waals surface area contributed by atoms with E-state index in [0.717, 1.165) is 18.5 Å². The van der Waals surface area contributed by atoms with Crippen LogP contribution in [0.2, 0.25) is 0 Å². The average Bonchev–Trinajstić information content (AvgIpc) is 2.68. The van der Waals surface area contributed by atoms with Crippen LogP contribution in [0.3, 0.4) is 0 Å². The molecule has 3 heteroatoms. The van der Waals surface area contributed by atoms with Crippen LogP contribution in [-0.2, 0) is 0 Å². The standard InChI is InChI=1S/C11H22N2O/c14-8-7-13-6-2-4-11(13)10-3-1-5-12-9-10/h10-12,14H,1-9H2. The van der Waals surface area contributed by atoms with Crippen molar-refractivity contribution in [1.29, 1.82) is 0 Å². The minimum Gasteiger partial charge on any atom is -0.395 e. The van der Waals surface area contributed by atoms with Crippen LogP contribution in [0.25, 0.3) is 0 Å². The molecule has 2 N–H and O–H groups in total. The van der Waals surface area contributed by atoms with Gasteiger partial charge in [0.05, 0.1) is 6.61 Å². The molecule has 0 aliphatic carbocycles. The van der Waals surface area contributed by atoms with Gasteiger partial charge in [-0.15, -0.1) is 0 Å². The molecule has 0 aromatic rings. The van der Waals surface area contributed by atoms with Crippen LogP contribution < -0.4 is 5.32 Å². The molecule has 0 spiro atoms. The van der Waals surface area contributed by atoms with Crippen LogP contribution in [0.15, 0.2) is 0 Å². The quantitative estimate of drug-likeness (QED) is 0.691. The maximum Gasteiger partial charge on any atom is 0.0558 e. The van der Waals surface area contributed by atoms with E-state index < -0.39 is 0 Å². The van der Waals surface area contributed by atoms with Crippen molar-refractivity contribution in [1.82, 2.24) is 10.2 Å².